The molecule has 3 nitrogen and oxygen atoms in total. The van der Waals surface area contributed by atoms with Gasteiger partial charge in [0.1, 0.15) is 11.6 Å². The second-order valence-corrected chi connectivity index (χ2v) is 3.84. The maximum Gasteiger partial charge on any atom is 0.131 e. The maximum absolute atomic E-state index is 13.6. The van der Waals surface area contributed by atoms with Crippen LogP contribution >= 0.6 is 0 Å². The normalized spacial score (nSPS) is 21.6. The molecule has 0 bridgehead atoms. The van der Waals surface area contributed by atoms with E-state index in [0.29, 0.717) is 17.7 Å². The van der Waals surface area contributed by atoms with Crippen LogP contribution < -0.4 is 10.6 Å². The van der Waals surface area contributed by atoms with Gasteiger partial charge in [-0.1, -0.05) is 6.07 Å². The Balaban J connectivity index is 2.36. The van der Waals surface area contributed by atoms with Crippen molar-refractivity contribution in [2.75, 3.05) is 19.6 Å². The molecule has 4 heteroatoms. The van der Waals surface area contributed by atoms with Crippen molar-refractivity contribution in [3.63, 3.8) is 0 Å². The molecule has 0 unspecified atom stereocenters. The van der Waals surface area contributed by atoms with Gasteiger partial charge >= 0.3 is 0 Å². The van der Waals surface area contributed by atoms with Gasteiger partial charge in [-0.05, 0) is 18.6 Å². The Morgan fingerprint density at radius 3 is 2.87 bits per heavy atom. The van der Waals surface area contributed by atoms with E-state index in [1.807, 2.05) is 0 Å². The summed E-state index contributed by atoms with van der Waals surface area (Å²) in [6.07, 6.45) is 0. The molecule has 1 heterocycles. The number of nitrogens with one attached hydrogen (secondary N) is 2. The lowest BCUT2D eigenvalue weighted by atomic mass is 10.0. The first kappa shape index (κ1) is 10.4. The van der Waals surface area contributed by atoms with E-state index in [9.17, 15) is 9.50 Å². The van der Waals surface area contributed by atoms with Crippen LogP contribution in [0.1, 0.15) is 17.2 Å². The highest BCUT2D eigenvalue weighted by molar-refractivity contribution is 5.42. The molecule has 1 aliphatic rings. The summed E-state index contributed by atoms with van der Waals surface area (Å²) in [6.45, 7) is 4.09. The third kappa shape index (κ3) is 1.96. The third-order valence-corrected chi connectivity index (χ3v) is 2.76. The van der Waals surface area contributed by atoms with Gasteiger partial charge in [0.25, 0.3) is 0 Å². The zero-order chi connectivity index (χ0) is 10.8. The molecule has 0 aliphatic carbocycles. The van der Waals surface area contributed by atoms with E-state index < -0.39 is 0 Å². The Hall–Kier alpha value is -1.13. The summed E-state index contributed by atoms with van der Waals surface area (Å²) in [6, 6.07) is 2.85. The Morgan fingerprint density at radius 1 is 1.40 bits per heavy atom. The molecular weight excluding hydrogens is 195 g/mol. The number of piperazine rings is 1. The lowest BCUT2D eigenvalue weighted by Crippen LogP contribution is -2.43. The Morgan fingerprint density at radius 2 is 2.20 bits per heavy atom. The van der Waals surface area contributed by atoms with Crippen LogP contribution in [0.2, 0.25) is 0 Å². The minimum atomic E-state index is -0.348. The maximum atomic E-state index is 13.6. The molecule has 1 saturated heterocycles. The van der Waals surface area contributed by atoms with Crippen LogP contribution in [0.5, 0.6) is 5.75 Å². The number of aryl methyl sites for hydroxylation is 1. The number of phenolic OH excluding ortho intramolecular Hbond substituents is 1. The molecule has 82 valence electrons. The summed E-state index contributed by atoms with van der Waals surface area (Å²) in [7, 11) is 0. The lowest BCUT2D eigenvalue weighted by molar-refractivity contribution is 0.388. The third-order valence-electron chi connectivity index (χ3n) is 2.76. The number of rotatable bonds is 1. The van der Waals surface area contributed by atoms with Crippen LogP contribution in [-0.4, -0.2) is 24.7 Å². The van der Waals surface area contributed by atoms with E-state index in [1.54, 1.807) is 13.0 Å². The second kappa shape index (κ2) is 4.16. The van der Waals surface area contributed by atoms with Crippen LogP contribution in [-0.2, 0) is 0 Å². The predicted octanol–water partition coefficient (Wildman–Crippen LogP) is 1.07. The highest BCUT2D eigenvalue weighted by Gasteiger charge is 2.22. The highest BCUT2D eigenvalue weighted by Crippen LogP contribution is 2.30. The fraction of sp³-hybridized carbons (Fsp3) is 0.455. The van der Waals surface area contributed by atoms with Crippen LogP contribution in [0.4, 0.5) is 4.39 Å². The van der Waals surface area contributed by atoms with Gasteiger partial charge in [-0.15, -0.1) is 0 Å². The van der Waals surface area contributed by atoms with Crippen molar-refractivity contribution in [2.24, 2.45) is 0 Å². The summed E-state index contributed by atoms with van der Waals surface area (Å²) < 4.78 is 13.6. The average Bonchev–Trinajstić information content (AvgIpc) is 2.26. The Labute approximate surface area is 88.3 Å². The van der Waals surface area contributed by atoms with Gasteiger partial charge in [-0.25, -0.2) is 4.39 Å². The summed E-state index contributed by atoms with van der Waals surface area (Å²) >= 11 is 0. The minimum Gasteiger partial charge on any atom is -0.507 e. The Bertz CT molecular complexity index is 362. The average molecular weight is 210 g/mol. The van der Waals surface area contributed by atoms with Crippen molar-refractivity contribution < 1.29 is 9.50 Å². The molecule has 2 rings (SSSR count). The molecule has 0 amide bonds. The number of hydrogen-bond donors (Lipinski definition) is 3. The van der Waals surface area contributed by atoms with Crippen molar-refractivity contribution in [1.29, 1.82) is 0 Å². The Kier molecular flexibility index (Phi) is 2.88. The molecule has 0 spiro atoms. The molecule has 0 saturated carbocycles. The van der Waals surface area contributed by atoms with Crippen molar-refractivity contribution in [1.82, 2.24) is 10.6 Å². The monoisotopic (exact) mass is 210 g/mol. The first-order valence-electron chi connectivity index (χ1n) is 5.12. The van der Waals surface area contributed by atoms with Gasteiger partial charge in [-0.2, -0.15) is 0 Å². The van der Waals surface area contributed by atoms with Crippen LogP contribution in [0, 0.1) is 12.7 Å². The number of benzene rings is 1. The number of halogens is 1. The predicted molar refractivity (Wildman–Crippen MR) is 56.4 cm³/mol. The second-order valence-electron chi connectivity index (χ2n) is 3.84. The van der Waals surface area contributed by atoms with Crippen molar-refractivity contribution in [3.8, 4) is 5.75 Å². The highest BCUT2D eigenvalue weighted by atomic mass is 19.1. The van der Waals surface area contributed by atoms with Crippen LogP contribution in [0.3, 0.4) is 0 Å². The van der Waals surface area contributed by atoms with Gasteiger partial charge in [0, 0.05) is 25.2 Å². The summed E-state index contributed by atoms with van der Waals surface area (Å²) in [5.41, 5.74) is 1.08. The molecule has 1 aromatic rings. The standard InChI is InChI=1S/C11H15FN2O/c1-7-2-3-8(12)10(11(7)15)9-6-13-4-5-14-9/h2-3,9,13-15H,4-6H2,1H3/t9-/m0/s1. The van der Waals surface area contributed by atoms with E-state index in [0.717, 1.165) is 13.1 Å². The minimum absolute atomic E-state index is 0.0659. The molecular formula is C11H15FN2O. The molecule has 3 N–H and O–H groups in total. The molecule has 0 aromatic heterocycles. The van der Waals surface area contributed by atoms with E-state index in [1.165, 1.54) is 6.07 Å². The van der Waals surface area contributed by atoms with E-state index in [-0.39, 0.29) is 17.6 Å². The summed E-state index contributed by atoms with van der Waals surface area (Å²) in [4.78, 5) is 0. The fourth-order valence-electron chi connectivity index (χ4n) is 1.88. The quantitative estimate of drug-likeness (QED) is 0.649. The van der Waals surface area contributed by atoms with Gasteiger partial charge in [0.15, 0.2) is 0 Å². The van der Waals surface area contributed by atoms with E-state index >= 15 is 0 Å². The van der Waals surface area contributed by atoms with Crippen molar-refractivity contribution in [3.05, 3.63) is 29.1 Å². The molecule has 0 radical (unpaired) electrons. The first-order valence-corrected chi connectivity index (χ1v) is 5.12. The molecule has 1 atom stereocenters. The van der Waals surface area contributed by atoms with Gasteiger partial charge in [-0.3, -0.25) is 0 Å². The largest absolute Gasteiger partial charge is 0.507 e. The molecule has 1 aliphatic heterocycles. The van der Waals surface area contributed by atoms with Gasteiger partial charge in [0.05, 0.1) is 6.04 Å². The molecule has 15 heavy (non-hydrogen) atoms. The van der Waals surface area contributed by atoms with Gasteiger partial charge < -0.3 is 15.7 Å². The van der Waals surface area contributed by atoms with E-state index in [2.05, 4.69) is 10.6 Å². The fourth-order valence-corrected chi connectivity index (χ4v) is 1.88. The van der Waals surface area contributed by atoms with Crippen molar-refractivity contribution in [2.45, 2.75) is 13.0 Å². The topological polar surface area (TPSA) is 44.3 Å². The number of aromatic hydroxyl groups is 1. The molecule has 1 aromatic carbocycles. The first-order chi connectivity index (χ1) is 7.20. The zero-order valence-electron chi connectivity index (χ0n) is 8.68. The van der Waals surface area contributed by atoms with Crippen molar-refractivity contribution >= 4 is 0 Å². The number of hydrogen-bond acceptors (Lipinski definition) is 3. The van der Waals surface area contributed by atoms with Gasteiger partial charge in [0.2, 0.25) is 0 Å². The summed E-state index contributed by atoms with van der Waals surface area (Å²) in [5.74, 6) is -0.282. The zero-order valence-corrected chi connectivity index (χ0v) is 8.68. The number of phenols is 1. The van der Waals surface area contributed by atoms with Crippen LogP contribution in [0.15, 0.2) is 12.1 Å². The van der Waals surface area contributed by atoms with Crippen LogP contribution in [0.25, 0.3) is 0 Å². The SMILES string of the molecule is Cc1ccc(F)c([C@@H]2CNCCN2)c1O. The van der Waals surface area contributed by atoms with E-state index in [4.69, 9.17) is 0 Å². The lowest BCUT2D eigenvalue weighted by Gasteiger charge is -2.26. The summed E-state index contributed by atoms with van der Waals surface area (Å²) in [5, 5.41) is 16.2. The smallest absolute Gasteiger partial charge is 0.131 e. The molecule has 1 fully saturated rings.